The molecule has 0 aliphatic carbocycles. The van der Waals surface area contributed by atoms with Crippen LogP contribution in [-0.2, 0) is 9.31 Å². The van der Waals surface area contributed by atoms with E-state index in [0.717, 1.165) is 5.46 Å². The van der Waals surface area contributed by atoms with Gasteiger partial charge in [0.25, 0.3) is 0 Å². The molecule has 0 saturated carbocycles. The van der Waals surface area contributed by atoms with Crippen molar-refractivity contribution in [3.63, 3.8) is 0 Å². The summed E-state index contributed by atoms with van der Waals surface area (Å²) in [7, 11) is 3.89. The van der Waals surface area contributed by atoms with Crippen molar-refractivity contribution >= 4 is 18.3 Å². The summed E-state index contributed by atoms with van der Waals surface area (Å²) in [6, 6.07) is 8.23. The Bertz CT molecular complexity index is 293. The monoisotopic (exact) mass is 191 g/mol. The van der Waals surface area contributed by atoms with Gasteiger partial charge < -0.3 is 14.2 Å². The zero-order chi connectivity index (χ0) is 9.97. The van der Waals surface area contributed by atoms with Crippen molar-refractivity contribution in [3.8, 4) is 0 Å². The van der Waals surface area contributed by atoms with Gasteiger partial charge in [-0.25, -0.2) is 0 Å². The molecule has 1 aromatic carbocycles. The molecule has 2 rings (SSSR count). The van der Waals surface area contributed by atoms with Crippen molar-refractivity contribution in [1.29, 1.82) is 0 Å². The third-order valence-electron chi connectivity index (χ3n) is 2.30. The van der Waals surface area contributed by atoms with E-state index in [0.29, 0.717) is 13.2 Å². The van der Waals surface area contributed by atoms with Crippen LogP contribution in [0.5, 0.6) is 0 Å². The summed E-state index contributed by atoms with van der Waals surface area (Å²) in [5.74, 6) is 0. The van der Waals surface area contributed by atoms with Gasteiger partial charge in [0, 0.05) is 19.8 Å². The van der Waals surface area contributed by atoms with E-state index in [9.17, 15) is 0 Å². The van der Waals surface area contributed by atoms with Gasteiger partial charge in [0.15, 0.2) is 0 Å². The molecular formula is C10H14BNO2. The van der Waals surface area contributed by atoms with Crippen LogP contribution in [0.3, 0.4) is 0 Å². The molecule has 1 aliphatic heterocycles. The first-order valence-corrected chi connectivity index (χ1v) is 4.78. The summed E-state index contributed by atoms with van der Waals surface area (Å²) in [5.41, 5.74) is 2.28. The molecule has 1 aliphatic rings. The largest absolute Gasteiger partial charge is 0.494 e. The predicted molar refractivity (Wildman–Crippen MR) is 58.1 cm³/mol. The van der Waals surface area contributed by atoms with E-state index in [1.807, 2.05) is 26.2 Å². The van der Waals surface area contributed by atoms with Gasteiger partial charge in [-0.05, 0) is 17.6 Å². The number of nitrogens with zero attached hydrogens (tertiary/aromatic N) is 1. The fourth-order valence-electron chi connectivity index (χ4n) is 1.48. The second-order valence-corrected chi connectivity index (χ2v) is 3.56. The Hall–Kier alpha value is -0.995. The van der Waals surface area contributed by atoms with Crippen LogP contribution in [0.15, 0.2) is 24.3 Å². The summed E-state index contributed by atoms with van der Waals surface area (Å²) in [4.78, 5) is 2.07. The first-order valence-electron chi connectivity index (χ1n) is 4.78. The van der Waals surface area contributed by atoms with Crippen LogP contribution in [0.4, 0.5) is 5.69 Å². The third kappa shape index (κ3) is 1.91. The van der Waals surface area contributed by atoms with Gasteiger partial charge in [0.1, 0.15) is 0 Å². The van der Waals surface area contributed by atoms with E-state index in [4.69, 9.17) is 9.31 Å². The topological polar surface area (TPSA) is 21.7 Å². The number of rotatable bonds is 2. The summed E-state index contributed by atoms with van der Waals surface area (Å²) < 4.78 is 10.8. The van der Waals surface area contributed by atoms with Crippen LogP contribution in [0.1, 0.15) is 0 Å². The van der Waals surface area contributed by atoms with E-state index in [-0.39, 0.29) is 7.12 Å². The van der Waals surface area contributed by atoms with E-state index in [1.165, 1.54) is 5.69 Å². The van der Waals surface area contributed by atoms with Gasteiger partial charge in [0.2, 0.25) is 0 Å². The minimum atomic E-state index is -0.161. The van der Waals surface area contributed by atoms with Crippen LogP contribution in [0, 0.1) is 0 Å². The minimum Gasteiger partial charge on any atom is -0.405 e. The maximum absolute atomic E-state index is 5.40. The molecule has 74 valence electrons. The van der Waals surface area contributed by atoms with Crippen molar-refractivity contribution in [2.45, 2.75) is 0 Å². The Balaban J connectivity index is 2.12. The number of hydrogen-bond acceptors (Lipinski definition) is 3. The van der Waals surface area contributed by atoms with Crippen molar-refractivity contribution < 1.29 is 9.31 Å². The molecule has 0 radical (unpaired) electrons. The Morgan fingerprint density at radius 1 is 1.07 bits per heavy atom. The van der Waals surface area contributed by atoms with Crippen LogP contribution >= 0.6 is 0 Å². The highest BCUT2D eigenvalue weighted by Crippen LogP contribution is 2.09. The summed E-state index contributed by atoms with van der Waals surface area (Å²) in [6.45, 7) is 1.39. The molecule has 1 aromatic rings. The van der Waals surface area contributed by atoms with E-state index in [1.54, 1.807) is 0 Å². The van der Waals surface area contributed by atoms with Gasteiger partial charge in [0.05, 0.1) is 13.2 Å². The molecular weight excluding hydrogens is 177 g/mol. The number of anilines is 1. The maximum Gasteiger partial charge on any atom is 0.494 e. The molecule has 0 N–H and O–H groups in total. The van der Waals surface area contributed by atoms with Gasteiger partial charge in [-0.1, -0.05) is 12.1 Å². The first kappa shape index (κ1) is 9.56. The maximum atomic E-state index is 5.40. The lowest BCUT2D eigenvalue weighted by atomic mass is 9.79. The third-order valence-corrected chi connectivity index (χ3v) is 2.30. The summed E-state index contributed by atoms with van der Waals surface area (Å²) in [5, 5.41) is 0. The zero-order valence-corrected chi connectivity index (χ0v) is 8.56. The molecule has 1 heterocycles. The zero-order valence-electron chi connectivity index (χ0n) is 8.56. The fourth-order valence-corrected chi connectivity index (χ4v) is 1.48. The lowest BCUT2D eigenvalue weighted by Gasteiger charge is -2.13. The molecule has 0 unspecified atom stereocenters. The fraction of sp³-hybridized carbons (Fsp3) is 0.400. The minimum absolute atomic E-state index is 0.161. The molecule has 14 heavy (non-hydrogen) atoms. The highest BCUT2D eigenvalue weighted by molar-refractivity contribution is 6.61. The van der Waals surface area contributed by atoms with Crippen LogP contribution < -0.4 is 10.4 Å². The molecule has 1 saturated heterocycles. The predicted octanol–water partition coefficient (Wildman–Crippen LogP) is 0.495. The molecule has 0 bridgehead atoms. The SMILES string of the molecule is CN(C)c1ccc(B2OCCO2)cc1. The Kier molecular flexibility index (Phi) is 2.75. The summed E-state index contributed by atoms with van der Waals surface area (Å²) >= 11 is 0. The van der Waals surface area contributed by atoms with E-state index >= 15 is 0 Å². The van der Waals surface area contributed by atoms with Gasteiger partial charge >= 0.3 is 7.12 Å². The number of benzene rings is 1. The van der Waals surface area contributed by atoms with Crippen molar-refractivity contribution in [2.75, 3.05) is 32.2 Å². The highest BCUT2D eigenvalue weighted by Gasteiger charge is 2.25. The van der Waals surface area contributed by atoms with Crippen LogP contribution in [0.25, 0.3) is 0 Å². The first-order chi connectivity index (χ1) is 6.77. The van der Waals surface area contributed by atoms with Gasteiger partial charge in [-0.3, -0.25) is 0 Å². The average molecular weight is 191 g/mol. The highest BCUT2D eigenvalue weighted by atomic mass is 16.6. The molecule has 1 fully saturated rings. The van der Waals surface area contributed by atoms with Crippen molar-refractivity contribution in [3.05, 3.63) is 24.3 Å². The smallest absolute Gasteiger partial charge is 0.405 e. The standard InChI is InChI=1S/C10H14BNO2/c1-12(2)10-5-3-9(4-6-10)11-13-7-8-14-11/h3-6H,7-8H2,1-2H3. The Morgan fingerprint density at radius 2 is 1.64 bits per heavy atom. The normalized spacial score (nSPS) is 16.0. The average Bonchev–Trinajstić information content (AvgIpc) is 2.71. The molecule has 0 spiro atoms. The van der Waals surface area contributed by atoms with Crippen molar-refractivity contribution in [1.82, 2.24) is 0 Å². The van der Waals surface area contributed by atoms with E-state index in [2.05, 4.69) is 17.0 Å². The molecule has 3 nitrogen and oxygen atoms in total. The molecule has 0 atom stereocenters. The van der Waals surface area contributed by atoms with Gasteiger partial charge in [-0.15, -0.1) is 0 Å². The van der Waals surface area contributed by atoms with Crippen LogP contribution in [0.2, 0.25) is 0 Å². The van der Waals surface area contributed by atoms with Gasteiger partial charge in [-0.2, -0.15) is 0 Å². The lowest BCUT2D eigenvalue weighted by Crippen LogP contribution is -2.31. The van der Waals surface area contributed by atoms with Crippen LogP contribution in [-0.4, -0.2) is 34.4 Å². The quantitative estimate of drug-likeness (QED) is 0.635. The Morgan fingerprint density at radius 3 is 2.14 bits per heavy atom. The molecule has 0 amide bonds. The van der Waals surface area contributed by atoms with Crippen molar-refractivity contribution in [2.24, 2.45) is 0 Å². The molecule has 0 aromatic heterocycles. The second kappa shape index (κ2) is 4.03. The second-order valence-electron chi connectivity index (χ2n) is 3.56. The number of hydrogen-bond donors (Lipinski definition) is 0. The lowest BCUT2D eigenvalue weighted by molar-refractivity contribution is 0.365. The molecule has 4 heteroatoms. The summed E-state index contributed by atoms with van der Waals surface area (Å²) in [6.07, 6.45) is 0. The van der Waals surface area contributed by atoms with E-state index < -0.39 is 0 Å². The Labute approximate surface area is 84.8 Å².